The van der Waals surface area contributed by atoms with E-state index in [9.17, 15) is 9.18 Å². The van der Waals surface area contributed by atoms with Crippen molar-refractivity contribution >= 4 is 28.9 Å². The molecule has 4 atom stereocenters. The molecule has 0 unspecified atom stereocenters. The number of carbonyl (C=O) groups is 1. The van der Waals surface area contributed by atoms with Crippen LogP contribution in [-0.4, -0.2) is 50.5 Å². The van der Waals surface area contributed by atoms with Crippen molar-refractivity contribution in [3.63, 3.8) is 0 Å². The summed E-state index contributed by atoms with van der Waals surface area (Å²) in [7, 11) is 0. The second kappa shape index (κ2) is 5.79. The molecule has 0 rings (SSSR count). The number of aliphatic hydroxyl groups is 3. The molecular weight excluding hydrogens is 282 g/mol. The number of aliphatic hydroxyl groups excluding tert-OH is 3. The molecule has 0 aromatic carbocycles. The van der Waals surface area contributed by atoms with Gasteiger partial charge in [-0.3, -0.25) is 0 Å². The Bertz CT molecular complexity index is 146. The van der Waals surface area contributed by atoms with Crippen LogP contribution in [-0.2, 0) is 4.79 Å². The Balaban J connectivity index is 4.07. The maximum absolute atomic E-state index is 12.4. The first-order chi connectivity index (χ1) is 5.54. The number of carbonyl (C=O) groups excluding carboxylic acids is 1. The summed E-state index contributed by atoms with van der Waals surface area (Å²) in [4.78, 5) is 9.83. The van der Waals surface area contributed by atoms with Crippen LogP contribution in [0, 0.1) is 0 Å². The molecule has 4 nitrogen and oxygen atoms in total. The number of hydrogen-bond donors (Lipinski definition) is 3. The first-order valence-corrected chi connectivity index (χ1v) is 4.76. The van der Waals surface area contributed by atoms with Crippen molar-refractivity contribution in [1.82, 2.24) is 0 Å². The van der Waals surface area contributed by atoms with E-state index in [1.165, 1.54) is 0 Å². The number of aldehydes is 1. The van der Waals surface area contributed by atoms with Gasteiger partial charge in [0.05, 0.1) is 6.10 Å². The molecule has 72 valence electrons. The average Bonchev–Trinajstić information content (AvgIpc) is 2.12. The summed E-state index contributed by atoms with van der Waals surface area (Å²) in [6, 6.07) is 0. The molecule has 0 radical (unpaired) electrons. The molecule has 0 bridgehead atoms. The summed E-state index contributed by atoms with van der Waals surface area (Å²) in [6.07, 6.45) is -6.97. The molecule has 0 spiro atoms. The molecule has 0 heterocycles. The standard InChI is InChI=1S/C6H10FIO4/c7-3(2-9)5(11)6(12)4(10)1-8/h2-6,10-12H,1H2/t3-,4-,5-,6-/m1/s1. The second-order valence-corrected chi connectivity index (χ2v) is 3.16. The minimum absolute atomic E-state index is 0.117. The number of rotatable bonds is 5. The molecule has 3 N–H and O–H groups in total. The van der Waals surface area contributed by atoms with E-state index < -0.39 is 24.5 Å². The van der Waals surface area contributed by atoms with E-state index in [0.29, 0.717) is 0 Å². The van der Waals surface area contributed by atoms with Crippen LogP contribution in [0.1, 0.15) is 0 Å². The maximum Gasteiger partial charge on any atom is 0.183 e. The third kappa shape index (κ3) is 3.30. The molecular formula is C6H10FIO4. The lowest BCUT2D eigenvalue weighted by Gasteiger charge is -2.21. The normalized spacial score (nSPS) is 21.1. The predicted molar refractivity (Wildman–Crippen MR) is 47.9 cm³/mol. The molecule has 0 fully saturated rings. The van der Waals surface area contributed by atoms with Crippen molar-refractivity contribution in [1.29, 1.82) is 0 Å². The van der Waals surface area contributed by atoms with E-state index >= 15 is 0 Å². The van der Waals surface area contributed by atoms with E-state index in [0.717, 1.165) is 0 Å². The fourth-order valence-electron chi connectivity index (χ4n) is 0.588. The first-order valence-electron chi connectivity index (χ1n) is 3.24. The highest BCUT2D eigenvalue weighted by molar-refractivity contribution is 14.1. The number of alkyl halides is 2. The summed E-state index contributed by atoms with van der Waals surface area (Å²) < 4.78 is 12.5. The van der Waals surface area contributed by atoms with Crippen LogP contribution in [0.2, 0.25) is 0 Å². The summed E-state index contributed by atoms with van der Waals surface area (Å²) in [6.45, 7) is 0. The Labute approximate surface area is 82.5 Å². The van der Waals surface area contributed by atoms with Crippen LogP contribution >= 0.6 is 22.6 Å². The van der Waals surface area contributed by atoms with Gasteiger partial charge in [0.1, 0.15) is 12.2 Å². The van der Waals surface area contributed by atoms with Crippen molar-refractivity contribution in [2.75, 3.05) is 4.43 Å². The quantitative estimate of drug-likeness (QED) is 0.346. The zero-order chi connectivity index (χ0) is 9.72. The van der Waals surface area contributed by atoms with Crippen molar-refractivity contribution in [3.05, 3.63) is 0 Å². The molecule has 12 heavy (non-hydrogen) atoms. The zero-order valence-electron chi connectivity index (χ0n) is 6.10. The van der Waals surface area contributed by atoms with Crippen LogP contribution in [0.15, 0.2) is 0 Å². The number of halogens is 2. The monoisotopic (exact) mass is 292 g/mol. The Morgan fingerprint density at radius 2 is 1.83 bits per heavy atom. The van der Waals surface area contributed by atoms with E-state index in [1.54, 1.807) is 22.6 Å². The Morgan fingerprint density at radius 1 is 1.33 bits per heavy atom. The van der Waals surface area contributed by atoms with Crippen LogP contribution in [0.3, 0.4) is 0 Å². The van der Waals surface area contributed by atoms with Gasteiger partial charge in [-0.25, -0.2) is 4.39 Å². The summed E-state index contributed by atoms with van der Waals surface area (Å²) in [5.41, 5.74) is 0. The van der Waals surface area contributed by atoms with Crippen molar-refractivity contribution in [2.45, 2.75) is 24.5 Å². The van der Waals surface area contributed by atoms with Crippen molar-refractivity contribution < 1.29 is 24.5 Å². The lowest BCUT2D eigenvalue weighted by atomic mass is 10.1. The molecule has 0 amide bonds. The van der Waals surface area contributed by atoms with Gasteiger partial charge in [-0.05, 0) is 0 Å². The topological polar surface area (TPSA) is 77.8 Å². The van der Waals surface area contributed by atoms with Crippen molar-refractivity contribution in [3.8, 4) is 0 Å². The number of hydrogen-bond acceptors (Lipinski definition) is 4. The highest BCUT2D eigenvalue weighted by Crippen LogP contribution is 2.08. The lowest BCUT2D eigenvalue weighted by molar-refractivity contribution is -0.123. The van der Waals surface area contributed by atoms with Crippen LogP contribution in [0.5, 0.6) is 0 Å². The summed E-state index contributed by atoms with van der Waals surface area (Å²) >= 11 is 1.77. The van der Waals surface area contributed by atoms with Gasteiger partial charge >= 0.3 is 0 Å². The highest BCUT2D eigenvalue weighted by atomic mass is 127. The van der Waals surface area contributed by atoms with E-state index in [-0.39, 0.29) is 10.7 Å². The molecule has 0 aromatic heterocycles. The van der Waals surface area contributed by atoms with Gasteiger partial charge in [-0.2, -0.15) is 0 Å². The zero-order valence-corrected chi connectivity index (χ0v) is 8.26. The highest BCUT2D eigenvalue weighted by Gasteiger charge is 2.30. The third-order valence-electron chi connectivity index (χ3n) is 1.36. The van der Waals surface area contributed by atoms with Crippen molar-refractivity contribution in [2.24, 2.45) is 0 Å². The summed E-state index contributed by atoms with van der Waals surface area (Å²) in [5.74, 6) is 0. The predicted octanol–water partition coefficient (Wildman–Crippen LogP) is -0.959. The van der Waals surface area contributed by atoms with Crippen LogP contribution in [0.4, 0.5) is 4.39 Å². The fraction of sp³-hybridized carbons (Fsp3) is 0.833. The molecule has 0 saturated carbocycles. The second-order valence-electron chi connectivity index (χ2n) is 2.28. The molecule has 0 aliphatic carbocycles. The van der Waals surface area contributed by atoms with Gasteiger partial charge in [0.2, 0.25) is 0 Å². The molecule has 0 saturated heterocycles. The average molecular weight is 292 g/mol. The van der Waals surface area contributed by atoms with Crippen LogP contribution < -0.4 is 0 Å². The van der Waals surface area contributed by atoms with E-state index in [4.69, 9.17) is 15.3 Å². The Kier molecular flexibility index (Phi) is 5.89. The third-order valence-corrected chi connectivity index (χ3v) is 2.26. The lowest BCUT2D eigenvalue weighted by Crippen LogP contribution is -2.44. The SMILES string of the molecule is O=C[C@@H](F)[C@@H](O)[C@H](O)[C@H](O)CI. The molecule has 0 aliphatic heterocycles. The van der Waals surface area contributed by atoms with Gasteiger partial charge in [-0.1, -0.05) is 22.6 Å². The minimum Gasteiger partial charge on any atom is -0.390 e. The fourth-order valence-corrected chi connectivity index (χ4v) is 1.11. The summed E-state index contributed by atoms with van der Waals surface area (Å²) in [5, 5.41) is 26.8. The smallest absolute Gasteiger partial charge is 0.183 e. The van der Waals surface area contributed by atoms with Crippen LogP contribution in [0.25, 0.3) is 0 Å². The molecule has 0 aromatic rings. The van der Waals surface area contributed by atoms with E-state index in [2.05, 4.69) is 0 Å². The first kappa shape index (κ1) is 12.2. The largest absolute Gasteiger partial charge is 0.390 e. The Morgan fingerprint density at radius 3 is 2.17 bits per heavy atom. The molecule has 0 aliphatic rings. The van der Waals surface area contributed by atoms with Gasteiger partial charge in [0, 0.05) is 4.43 Å². The maximum atomic E-state index is 12.4. The van der Waals surface area contributed by atoms with Gasteiger partial charge in [0.25, 0.3) is 0 Å². The van der Waals surface area contributed by atoms with Gasteiger partial charge < -0.3 is 20.1 Å². The molecule has 6 heteroatoms. The van der Waals surface area contributed by atoms with Gasteiger partial charge in [0.15, 0.2) is 12.5 Å². The Hall–Kier alpha value is 0.210. The van der Waals surface area contributed by atoms with E-state index in [1.807, 2.05) is 0 Å². The van der Waals surface area contributed by atoms with Gasteiger partial charge in [-0.15, -0.1) is 0 Å². The minimum atomic E-state index is -2.16.